The Kier molecular flexibility index (Phi) is 6.52. The molecule has 7 nitrogen and oxygen atoms in total. The fourth-order valence-electron chi connectivity index (χ4n) is 3.05. The molecule has 0 spiro atoms. The third-order valence-corrected chi connectivity index (χ3v) is 5.09. The zero-order valence-electron chi connectivity index (χ0n) is 16.2. The Morgan fingerprint density at radius 3 is 2.67 bits per heavy atom. The molecule has 0 aliphatic rings. The molecule has 0 unspecified atom stereocenters. The smallest absolute Gasteiger partial charge is 0.164 e. The van der Waals surface area contributed by atoms with Gasteiger partial charge in [-0.25, -0.2) is 15.0 Å². The quantitative estimate of drug-likeness (QED) is 0.413. The summed E-state index contributed by atoms with van der Waals surface area (Å²) in [5, 5.41) is 0.921. The van der Waals surface area contributed by atoms with Gasteiger partial charge in [0.05, 0.1) is 20.5 Å². The number of hydrogen-bond donors (Lipinski definition) is 0. The van der Waals surface area contributed by atoms with Gasteiger partial charge in [-0.1, -0.05) is 6.07 Å². The van der Waals surface area contributed by atoms with E-state index in [0.717, 1.165) is 53.7 Å². The van der Waals surface area contributed by atoms with Crippen molar-refractivity contribution < 1.29 is 9.47 Å². The minimum Gasteiger partial charge on any atom is -0.493 e. The van der Waals surface area contributed by atoms with E-state index < -0.39 is 0 Å². The summed E-state index contributed by atoms with van der Waals surface area (Å²) in [6.07, 6.45) is 6.47. The maximum atomic E-state index is 5.38. The number of thioether (sulfide) groups is 1. The van der Waals surface area contributed by atoms with Crippen molar-refractivity contribution in [1.29, 1.82) is 0 Å². The lowest BCUT2D eigenvalue weighted by Crippen LogP contribution is -2.20. The normalized spacial score (nSPS) is 11.3. The molecule has 1 aromatic carbocycles. The molecule has 3 aromatic rings. The van der Waals surface area contributed by atoms with Gasteiger partial charge in [-0.05, 0) is 44.0 Å². The van der Waals surface area contributed by atoms with Gasteiger partial charge in [0.25, 0.3) is 0 Å². The number of benzene rings is 1. The van der Waals surface area contributed by atoms with Crippen LogP contribution in [-0.4, -0.2) is 58.5 Å². The van der Waals surface area contributed by atoms with E-state index in [1.165, 1.54) is 5.56 Å². The molecule has 0 aliphatic carbocycles. The summed E-state index contributed by atoms with van der Waals surface area (Å²) in [7, 11) is 5.43. The summed E-state index contributed by atoms with van der Waals surface area (Å²) in [5.74, 6) is 1.51. The molecule has 3 rings (SSSR count). The van der Waals surface area contributed by atoms with Gasteiger partial charge in [0, 0.05) is 13.1 Å². The highest BCUT2D eigenvalue weighted by Crippen LogP contribution is 2.28. The minimum absolute atomic E-state index is 0.752. The van der Waals surface area contributed by atoms with Crippen molar-refractivity contribution in [3.05, 3.63) is 36.4 Å². The van der Waals surface area contributed by atoms with Crippen LogP contribution in [0.3, 0.4) is 0 Å². The predicted octanol–water partition coefficient (Wildman–Crippen LogP) is 3.09. The van der Waals surface area contributed by atoms with Gasteiger partial charge in [0.2, 0.25) is 0 Å². The summed E-state index contributed by atoms with van der Waals surface area (Å²) < 4.78 is 12.8. The highest BCUT2D eigenvalue weighted by molar-refractivity contribution is 7.98. The average molecular weight is 388 g/mol. The van der Waals surface area contributed by atoms with Crippen LogP contribution in [0.25, 0.3) is 11.2 Å². The third kappa shape index (κ3) is 4.51. The molecule has 0 N–H and O–H groups in total. The second-order valence-electron chi connectivity index (χ2n) is 6.27. The number of fused-ring (bicyclic) bond motifs is 1. The van der Waals surface area contributed by atoms with E-state index in [9.17, 15) is 0 Å². The lowest BCUT2D eigenvalue weighted by atomic mass is 10.2. The van der Waals surface area contributed by atoms with Crippen molar-refractivity contribution >= 4 is 22.9 Å². The number of aromatic nitrogens is 4. The molecule has 0 saturated heterocycles. The van der Waals surface area contributed by atoms with E-state index in [1.807, 2.05) is 24.7 Å². The number of ether oxygens (including phenoxy) is 2. The van der Waals surface area contributed by atoms with E-state index >= 15 is 0 Å². The Morgan fingerprint density at radius 2 is 1.93 bits per heavy atom. The van der Waals surface area contributed by atoms with Crippen molar-refractivity contribution in [3.8, 4) is 11.5 Å². The van der Waals surface area contributed by atoms with Crippen LogP contribution in [0.15, 0.2) is 35.9 Å². The Hall–Kier alpha value is -2.32. The van der Waals surface area contributed by atoms with Gasteiger partial charge in [-0.2, -0.15) is 0 Å². The van der Waals surface area contributed by atoms with E-state index in [4.69, 9.17) is 9.47 Å². The Bertz CT molecular complexity index is 899. The summed E-state index contributed by atoms with van der Waals surface area (Å²) >= 11 is 1.59. The van der Waals surface area contributed by atoms with Crippen LogP contribution >= 0.6 is 11.8 Å². The SMILES string of the molecule is COc1ccc(CN(C)CCCn2cnc3c(SC)ncnc32)cc1OC. The number of hydrogen-bond acceptors (Lipinski definition) is 7. The van der Waals surface area contributed by atoms with Crippen molar-refractivity contribution in [3.63, 3.8) is 0 Å². The van der Waals surface area contributed by atoms with Crippen LogP contribution in [-0.2, 0) is 13.1 Å². The van der Waals surface area contributed by atoms with Crippen LogP contribution in [0.2, 0.25) is 0 Å². The first-order chi connectivity index (χ1) is 13.2. The largest absolute Gasteiger partial charge is 0.493 e. The summed E-state index contributed by atoms with van der Waals surface area (Å²) in [6, 6.07) is 6.05. The van der Waals surface area contributed by atoms with Crippen LogP contribution in [0.5, 0.6) is 11.5 Å². The van der Waals surface area contributed by atoms with Crippen molar-refractivity contribution in [2.24, 2.45) is 0 Å². The van der Waals surface area contributed by atoms with Gasteiger partial charge in [0.1, 0.15) is 16.9 Å². The molecule has 144 valence electrons. The molecule has 27 heavy (non-hydrogen) atoms. The van der Waals surface area contributed by atoms with Crippen LogP contribution in [0.4, 0.5) is 0 Å². The molecule has 0 aliphatic heterocycles. The zero-order valence-corrected chi connectivity index (χ0v) is 17.0. The highest BCUT2D eigenvalue weighted by atomic mass is 32.2. The maximum Gasteiger partial charge on any atom is 0.164 e. The fraction of sp³-hybridized carbons (Fsp3) is 0.421. The minimum atomic E-state index is 0.752. The number of imidazole rings is 1. The van der Waals surface area contributed by atoms with Gasteiger partial charge in [-0.3, -0.25) is 0 Å². The lowest BCUT2D eigenvalue weighted by Gasteiger charge is -2.18. The monoisotopic (exact) mass is 387 g/mol. The topological polar surface area (TPSA) is 65.3 Å². The fourth-order valence-corrected chi connectivity index (χ4v) is 3.54. The number of nitrogens with zero attached hydrogens (tertiary/aromatic N) is 5. The summed E-state index contributed by atoms with van der Waals surface area (Å²) in [6.45, 7) is 2.69. The van der Waals surface area contributed by atoms with Gasteiger partial charge in [0.15, 0.2) is 17.1 Å². The Balaban J connectivity index is 1.56. The molecule has 0 amide bonds. The Labute approximate surface area is 163 Å². The summed E-state index contributed by atoms with van der Waals surface area (Å²) in [4.78, 5) is 15.4. The first-order valence-corrected chi connectivity index (χ1v) is 9.98. The highest BCUT2D eigenvalue weighted by Gasteiger charge is 2.10. The van der Waals surface area contributed by atoms with E-state index in [2.05, 4.69) is 37.5 Å². The van der Waals surface area contributed by atoms with Crippen molar-refractivity contribution in [2.75, 3.05) is 34.1 Å². The molecule has 0 bridgehead atoms. The van der Waals surface area contributed by atoms with Gasteiger partial charge < -0.3 is 18.9 Å². The molecule has 2 aromatic heterocycles. The number of methoxy groups -OCH3 is 2. The first kappa shape index (κ1) is 19.4. The molecule has 0 radical (unpaired) electrons. The maximum absolute atomic E-state index is 5.38. The van der Waals surface area contributed by atoms with Crippen LogP contribution in [0.1, 0.15) is 12.0 Å². The van der Waals surface area contributed by atoms with Gasteiger partial charge in [-0.15, -0.1) is 11.8 Å². The van der Waals surface area contributed by atoms with Crippen LogP contribution < -0.4 is 9.47 Å². The molecular formula is C19H25N5O2S. The van der Waals surface area contributed by atoms with Gasteiger partial charge >= 0.3 is 0 Å². The lowest BCUT2D eigenvalue weighted by molar-refractivity contribution is 0.312. The third-order valence-electron chi connectivity index (χ3n) is 4.40. The van der Waals surface area contributed by atoms with E-state index in [1.54, 1.807) is 32.3 Å². The average Bonchev–Trinajstić information content (AvgIpc) is 3.11. The molecule has 8 heteroatoms. The molecule has 0 fully saturated rings. The van der Waals surface area contributed by atoms with Crippen molar-refractivity contribution in [2.45, 2.75) is 24.5 Å². The molecule has 0 saturated carbocycles. The van der Waals surface area contributed by atoms with Crippen LogP contribution in [0, 0.1) is 0 Å². The molecule has 0 atom stereocenters. The number of rotatable bonds is 9. The second-order valence-corrected chi connectivity index (χ2v) is 7.07. The second kappa shape index (κ2) is 9.05. The standard InChI is InChI=1S/C19H25N5O2S/c1-23(11-14-6-7-15(25-2)16(10-14)26-3)8-5-9-24-13-22-17-18(24)20-12-21-19(17)27-4/h6-7,10,12-13H,5,8-9,11H2,1-4H3. The van der Waals surface area contributed by atoms with Crippen molar-refractivity contribution in [1.82, 2.24) is 24.4 Å². The zero-order chi connectivity index (χ0) is 19.2. The van der Waals surface area contributed by atoms with E-state index in [-0.39, 0.29) is 0 Å². The first-order valence-electron chi connectivity index (χ1n) is 8.75. The molecule has 2 heterocycles. The van der Waals surface area contributed by atoms with E-state index in [0.29, 0.717) is 0 Å². The Morgan fingerprint density at radius 1 is 1.11 bits per heavy atom. The predicted molar refractivity (Wildman–Crippen MR) is 108 cm³/mol. The number of aryl methyl sites for hydroxylation is 1. The summed E-state index contributed by atoms with van der Waals surface area (Å²) in [5.41, 5.74) is 2.97. The molecular weight excluding hydrogens is 362 g/mol.